The second kappa shape index (κ2) is 8.07. The molecule has 0 saturated heterocycles. The van der Waals surface area contributed by atoms with E-state index in [0.29, 0.717) is 5.56 Å². The number of Topliss-reactive ketones (excluding diaryl/α,β-unsaturated/α-hetero) is 1. The van der Waals surface area contributed by atoms with Crippen LogP contribution in [-0.2, 0) is 9.59 Å². The van der Waals surface area contributed by atoms with E-state index in [1.807, 2.05) is 34.6 Å². The molecule has 2 aliphatic rings. The van der Waals surface area contributed by atoms with Gasteiger partial charge in [0.05, 0.1) is 17.4 Å². The van der Waals surface area contributed by atoms with Crippen molar-refractivity contribution in [3.8, 4) is 11.5 Å². The summed E-state index contributed by atoms with van der Waals surface area (Å²) in [6, 6.07) is 4.63. The maximum absolute atomic E-state index is 12.5. The smallest absolute Gasteiger partial charge is 0.317 e. The molecule has 2 saturated carbocycles. The molecule has 0 radical (unpaired) electrons. The Hall–Kier alpha value is -1.92. The van der Waals surface area contributed by atoms with E-state index >= 15 is 0 Å². The number of ether oxygens (including phenoxy) is 2. The molecule has 6 nitrogen and oxygen atoms in total. The zero-order chi connectivity index (χ0) is 20.7. The van der Waals surface area contributed by atoms with Crippen LogP contribution in [0.5, 0.6) is 11.5 Å². The molecule has 0 heterocycles. The number of esters is 2. The third kappa shape index (κ3) is 5.80. The van der Waals surface area contributed by atoms with Crippen LogP contribution in [-0.4, -0.2) is 29.8 Å². The quantitative estimate of drug-likeness (QED) is 0.404. The van der Waals surface area contributed by atoms with Crippen molar-refractivity contribution in [3.05, 3.63) is 23.8 Å². The Balaban J connectivity index is 0.00000300. The standard InChI is InChI=1S/C22H29NO5.ClH/c1-20(2,3)23-13-15(24)14-6-7-16(27-18(25)21(4)8-9-21)17(12-14)28-19(26)22(5)10-11-22;/h6-7,12,23H,8-11,13H2,1-5H3;1H. The predicted octanol–water partition coefficient (Wildman–Crippen LogP) is 4.09. The number of hydrogen-bond acceptors (Lipinski definition) is 6. The highest BCUT2D eigenvalue weighted by atomic mass is 35.5. The number of rotatable bonds is 7. The predicted molar refractivity (Wildman–Crippen MR) is 112 cm³/mol. The first kappa shape index (κ1) is 23.4. The maximum atomic E-state index is 12.5. The van der Waals surface area contributed by atoms with Gasteiger partial charge in [0.2, 0.25) is 0 Å². The fourth-order valence-corrected chi connectivity index (χ4v) is 2.52. The normalized spacial score (nSPS) is 18.2. The molecule has 0 aromatic heterocycles. The number of benzene rings is 1. The van der Waals surface area contributed by atoms with Crippen molar-refractivity contribution in [3.63, 3.8) is 0 Å². The summed E-state index contributed by atoms with van der Waals surface area (Å²) in [5, 5.41) is 3.15. The van der Waals surface area contributed by atoms with E-state index in [9.17, 15) is 14.4 Å². The van der Waals surface area contributed by atoms with Crippen molar-refractivity contribution in [2.75, 3.05) is 6.54 Å². The molecule has 7 heteroatoms. The van der Waals surface area contributed by atoms with Gasteiger partial charge in [-0.2, -0.15) is 0 Å². The van der Waals surface area contributed by atoms with Crippen LogP contribution in [0.3, 0.4) is 0 Å². The Morgan fingerprint density at radius 2 is 1.41 bits per heavy atom. The summed E-state index contributed by atoms with van der Waals surface area (Å²) >= 11 is 0. The van der Waals surface area contributed by atoms with E-state index in [1.165, 1.54) is 12.1 Å². The lowest BCUT2D eigenvalue weighted by atomic mass is 10.1. The van der Waals surface area contributed by atoms with Crippen LogP contribution in [0.4, 0.5) is 0 Å². The maximum Gasteiger partial charge on any atom is 0.317 e. The summed E-state index contributed by atoms with van der Waals surface area (Å²) in [7, 11) is 0. The molecule has 160 valence electrons. The molecule has 0 bridgehead atoms. The van der Waals surface area contributed by atoms with E-state index < -0.39 is 10.8 Å². The zero-order valence-corrected chi connectivity index (χ0v) is 18.5. The Labute approximate surface area is 178 Å². The summed E-state index contributed by atoms with van der Waals surface area (Å²) in [6.07, 6.45) is 3.11. The number of halogens is 1. The largest absolute Gasteiger partial charge is 0.422 e. The van der Waals surface area contributed by atoms with Crippen LogP contribution < -0.4 is 14.8 Å². The van der Waals surface area contributed by atoms with Gasteiger partial charge in [0.1, 0.15) is 0 Å². The van der Waals surface area contributed by atoms with E-state index in [-0.39, 0.29) is 53.7 Å². The number of carbonyl (C=O) groups is 3. The van der Waals surface area contributed by atoms with E-state index in [2.05, 4.69) is 5.32 Å². The first-order valence-electron chi connectivity index (χ1n) is 9.79. The Morgan fingerprint density at radius 3 is 1.86 bits per heavy atom. The molecule has 0 spiro atoms. The zero-order valence-electron chi connectivity index (χ0n) is 17.7. The van der Waals surface area contributed by atoms with Gasteiger partial charge in [-0.05, 0) is 78.5 Å². The van der Waals surface area contributed by atoms with Crippen LogP contribution >= 0.6 is 12.4 Å². The van der Waals surface area contributed by atoms with Crippen molar-refractivity contribution in [2.45, 2.75) is 65.8 Å². The molecular weight excluding hydrogens is 394 g/mol. The van der Waals surface area contributed by atoms with Gasteiger partial charge in [-0.3, -0.25) is 14.4 Å². The number of ketones is 1. The minimum absolute atomic E-state index is 0. The van der Waals surface area contributed by atoms with Gasteiger partial charge in [0.15, 0.2) is 17.3 Å². The van der Waals surface area contributed by atoms with E-state index in [0.717, 1.165) is 25.7 Å². The fraction of sp³-hybridized carbons (Fsp3) is 0.591. The second-order valence-corrected chi connectivity index (χ2v) is 9.59. The van der Waals surface area contributed by atoms with Gasteiger partial charge >= 0.3 is 11.9 Å². The highest BCUT2D eigenvalue weighted by Crippen LogP contribution is 2.48. The van der Waals surface area contributed by atoms with Gasteiger partial charge in [-0.15, -0.1) is 12.4 Å². The van der Waals surface area contributed by atoms with Gasteiger partial charge in [-0.1, -0.05) is 0 Å². The molecule has 2 aliphatic carbocycles. The molecule has 0 atom stereocenters. The van der Waals surface area contributed by atoms with Gasteiger partial charge in [0, 0.05) is 11.1 Å². The average Bonchev–Trinajstić information content (AvgIpc) is 3.53. The molecule has 1 aromatic carbocycles. The second-order valence-electron chi connectivity index (χ2n) is 9.59. The summed E-state index contributed by atoms with van der Waals surface area (Å²) in [5.41, 5.74) is -0.745. The van der Waals surface area contributed by atoms with E-state index in [1.54, 1.807) is 6.07 Å². The summed E-state index contributed by atoms with van der Waals surface area (Å²) < 4.78 is 11.1. The van der Waals surface area contributed by atoms with Crippen LogP contribution in [0, 0.1) is 10.8 Å². The molecule has 1 N–H and O–H groups in total. The summed E-state index contributed by atoms with van der Waals surface area (Å²) in [6.45, 7) is 9.78. The molecule has 0 unspecified atom stereocenters. The SMILES string of the molecule is CC(C)(C)NCC(=O)c1ccc(OC(=O)C2(C)CC2)c(OC(=O)C2(C)CC2)c1.Cl. The Kier molecular flexibility index (Phi) is 6.50. The lowest BCUT2D eigenvalue weighted by Crippen LogP contribution is -2.39. The average molecular weight is 424 g/mol. The number of carbonyl (C=O) groups excluding carboxylic acids is 3. The monoisotopic (exact) mass is 423 g/mol. The lowest BCUT2D eigenvalue weighted by molar-refractivity contribution is -0.142. The first-order valence-corrected chi connectivity index (χ1v) is 9.79. The van der Waals surface area contributed by atoms with Crippen molar-refractivity contribution < 1.29 is 23.9 Å². The van der Waals surface area contributed by atoms with Gasteiger partial charge in [0.25, 0.3) is 0 Å². The van der Waals surface area contributed by atoms with Crippen LogP contribution in [0.1, 0.15) is 70.7 Å². The minimum Gasteiger partial charge on any atom is -0.422 e. The van der Waals surface area contributed by atoms with Crippen molar-refractivity contribution in [1.29, 1.82) is 0 Å². The molecular formula is C22H30ClNO5. The van der Waals surface area contributed by atoms with E-state index in [4.69, 9.17) is 9.47 Å². The molecule has 1 aromatic rings. The fourth-order valence-electron chi connectivity index (χ4n) is 2.52. The highest BCUT2D eigenvalue weighted by Gasteiger charge is 2.48. The third-order valence-electron chi connectivity index (χ3n) is 5.44. The van der Waals surface area contributed by atoms with Crippen LogP contribution in [0.25, 0.3) is 0 Å². The third-order valence-corrected chi connectivity index (χ3v) is 5.44. The van der Waals surface area contributed by atoms with Gasteiger partial charge in [-0.25, -0.2) is 0 Å². The summed E-state index contributed by atoms with van der Waals surface area (Å²) in [5.74, 6) is -0.527. The summed E-state index contributed by atoms with van der Waals surface area (Å²) in [4.78, 5) is 37.3. The minimum atomic E-state index is -0.489. The van der Waals surface area contributed by atoms with Gasteiger partial charge < -0.3 is 14.8 Å². The molecule has 0 amide bonds. The van der Waals surface area contributed by atoms with Crippen LogP contribution in [0.2, 0.25) is 0 Å². The highest BCUT2D eigenvalue weighted by molar-refractivity contribution is 5.98. The molecule has 0 aliphatic heterocycles. The first-order chi connectivity index (χ1) is 12.9. The van der Waals surface area contributed by atoms with Crippen molar-refractivity contribution >= 4 is 30.1 Å². The lowest BCUT2D eigenvalue weighted by Gasteiger charge is -2.20. The van der Waals surface area contributed by atoms with Crippen molar-refractivity contribution in [1.82, 2.24) is 5.32 Å². The molecule has 2 fully saturated rings. The number of nitrogens with one attached hydrogen (secondary N) is 1. The van der Waals surface area contributed by atoms with Crippen LogP contribution in [0.15, 0.2) is 18.2 Å². The molecule has 29 heavy (non-hydrogen) atoms. The Bertz CT molecular complexity index is 819. The molecule has 3 rings (SSSR count). The Morgan fingerprint density at radius 1 is 0.931 bits per heavy atom. The number of hydrogen-bond donors (Lipinski definition) is 1. The topological polar surface area (TPSA) is 81.7 Å². The van der Waals surface area contributed by atoms with Crippen molar-refractivity contribution in [2.24, 2.45) is 10.8 Å².